The maximum Gasteiger partial charge on any atom is 0.263 e. The number of nitrogens with one attached hydrogen (secondary N) is 2. The zero-order valence-corrected chi connectivity index (χ0v) is 19.1. The first-order valence-corrected chi connectivity index (χ1v) is 12.5. The number of benzene rings is 1. The SMILES string of the molecule is CC[C@H](C)[C@H](N=C1NS(=O)(=O)c2ccccc21)C(=O)Nc1nc(C)c(SCC#N)s1. The van der Waals surface area contributed by atoms with Gasteiger partial charge in [-0.2, -0.15) is 5.26 Å². The van der Waals surface area contributed by atoms with E-state index in [4.69, 9.17) is 5.26 Å². The van der Waals surface area contributed by atoms with Crippen LogP contribution in [0.5, 0.6) is 0 Å². The molecule has 1 aromatic heterocycles. The molecule has 1 aliphatic rings. The summed E-state index contributed by atoms with van der Waals surface area (Å²) in [4.78, 5) is 22.0. The summed E-state index contributed by atoms with van der Waals surface area (Å²) in [5.41, 5.74) is 1.21. The lowest BCUT2D eigenvalue weighted by molar-refractivity contribution is -0.118. The quantitative estimate of drug-likeness (QED) is 0.608. The molecule has 0 aliphatic carbocycles. The number of nitrogens with zero attached hydrogens (tertiary/aromatic N) is 3. The van der Waals surface area contributed by atoms with Crippen LogP contribution in [-0.2, 0) is 14.8 Å². The van der Waals surface area contributed by atoms with E-state index in [9.17, 15) is 13.2 Å². The van der Waals surface area contributed by atoms with Gasteiger partial charge in [-0.05, 0) is 25.0 Å². The van der Waals surface area contributed by atoms with Crippen LogP contribution in [0.2, 0.25) is 0 Å². The first kappa shape index (κ1) is 22.3. The summed E-state index contributed by atoms with van der Waals surface area (Å²) in [5.74, 6) is -0.0000348. The van der Waals surface area contributed by atoms with Crippen molar-refractivity contribution >= 4 is 50.0 Å². The number of sulfonamides is 1. The standard InChI is InChI=1S/C19H21N5O3S3/c1-4-11(2)15(17(25)23-19-21-12(3)18(29-19)28-10-9-20)22-16-13-7-5-6-8-14(13)30(26,27)24-16/h5-8,11,15H,4,10H2,1-3H3,(H,22,24)(H,21,23,25)/t11-,15-/m0/s1. The summed E-state index contributed by atoms with van der Waals surface area (Å²) in [6, 6.07) is 7.83. The molecule has 0 fully saturated rings. The average Bonchev–Trinajstić information content (AvgIpc) is 3.19. The minimum absolute atomic E-state index is 0.122. The number of carbonyl (C=O) groups excluding carboxylic acids is 1. The number of aromatic nitrogens is 1. The van der Waals surface area contributed by atoms with Crippen LogP contribution in [0.15, 0.2) is 38.4 Å². The lowest BCUT2D eigenvalue weighted by atomic mass is 9.99. The summed E-state index contributed by atoms with van der Waals surface area (Å²) in [6.45, 7) is 5.66. The second-order valence-corrected chi connectivity index (χ2v) is 10.6. The van der Waals surface area contributed by atoms with E-state index in [1.807, 2.05) is 20.8 Å². The molecule has 2 atom stereocenters. The Hall–Kier alpha value is -2.42. The number of rotatable bonds is 7. The number of aliphatic imine (C=N–C) groups is 1. The van der Waals surface area contributed by atoms with Crippen molar-refractivity contribution in [2.45, 2.75) is 42.3 Å². The van der Waals surface area contributed by atoms with E-state index in [1.165, 1.54) is 29.2 Å². The number of amidine groups is 1. The Kier molecular flexibility index (Phi) is 6.80. The number of hydrogen-bond acceptors (Lipinski definition) is 8. The Bertz CT molecular complexity index is 1130. The number of carbonyl (C=O) groups is 1. The van der Waals surface area contributed by atoms with Gasteiger partial charge in [0.05, 0.1) is 26.6 Å². The van der Waals surface area contributed by atoms with Crippen LogP contribution in [0.1, 0.15) is 31.5 Å². The maximum absolute atomic E-state index is 13.0. The molecule has 0 unspecified atom stereocenters. The maximum atomic E-state index is 13.0. The fourth-order valence-corrected chi connectivity index (χ4v) is 5.93. The van der Waals surface area contributed by atoms with Crippen molar-refractivity contribution in [2.24, 2.45) is 10.9 Å². The third-order valence-electron chi connectivity index (χ3n) is 4.63. The molecule has 1 aromatic carbocycles. The molecule has 1 aliphatic heterocycles. The van der Waals surface area contributed by atoms with E-state index >= 15 is 0 Å². The Morgan fingerprint density at radius 2 is 2.17 bits per heavy atom. The Balaban J connectivity index is 1.88. The van der Waals surface area contributed by atoms with E-state index in [0.29, 0.717) is 22.9 Å². The Morgan fingerprint density at radius 1 is 1.43 bits per heavy atom. The van der Waals surface area contributed by atoms with Crippen LogP contribution < -0.4 is 10.0 Å². The number of nitriles is 1. The molecule has 2 aromatic rings. The van der Waals surface area contributed by atoms with Gasteiger partial charge in [0.1, 0.15) is 11.9 Å². The van der Waals surface area contributed by atoms with E-state index in [2.05, 4.69) is 26.1 Å². The molecule has 1 amide bonds. The Morgan fingerprint density at radius 3 is 2.87 bits per heavy atom. The molecule has 0 spiro atoms. The molecule has 0 saturated carbocycles. The molecule has 0 saturated heterocycles. The van der Waals surface area contributed by atoms with E-state index in [0.717, 1.165) is 9.90 Å². The number of fused-ring (bicyclic) bond motifs is 1. The van der Waals surface area contributed by atoms with Crippen molar-refractivity contribution in [2.75, 3.05) is 11.1 Å². The summed E-state index contributed by atoms with van der Waals surface area (Å²) in [5, 5.41) is 12.0. The first-order valence-electron chi connectivity index (χ1n) is 9.24. The molecule has 3 rings (SSSR count). The third kappa shape index (κ3) is 4.66. The van der Waals surface area contributed by atoms with Crippen LogP contribution >= 0.6 is 23.1 Å². The molecule has 0 radical (unpaired) electrons. The van der Waals surface area contributed by atoms with Gasteiger partial charge >= 0.3 is 0 Å². The summed E-state index contributed by atoms with van der Waals surface area (Å²) in [6.07, 6.45) is 0.684. The lowest BCUT2D eigenvalue weighted by Crippen LogP contribution is -2.34. The molecular weight excluding hydrogens is 442 g/mol. The average molecular weight is 464 g/mol. The van der Waals surface area contributed by atoms with E-state index in [1.54, 1.807) is 18.2 Å². The van der Waals surface area contributed by atoms with Gasteiger partial charge in [-0.25, -0.2) is 13.4 Å². The van der Waals surface area contributed by atoms with Crippen LogP contribution in [0.3, 0.4) is 0 Å². The van der Waals surface area contributed by atoms with E-state index < -0.39 is 16.1 Å². The van der Waals surface area contributed by atoms with Gasteiger partial charge in [-0.3, -0.25) is 14.5 Å². The van der Waals surface area contributed by atoms with Gasteiger partial charge < -0.3 is 5.32 Å². The highest BCUT2D eigenvalue weighted by molar-refractivity contribution is 8.01. The van der Waals surface area contributed by atoms with Gasteiger partial charge in [-0.15, -0.1) is 0 Å². The molecule has 0 bridgehead atoms. The van der Waals surface area contributed by atoms with Crippen molar-refractivity contribution in [3.05, 3.63) is 35.5 Å². The topological polar surface area (TPSA) is 124 Å². The molecule has 2 N–H and O–H groups in total. The minimum Gasteiger partial charge on any atom is -0.300 e. The van der Waals surface area contributed by atoms with E-state index in [-0.39, 0.29) is 22.6 Å². The number of thioether (sulfide) groups is 1. The predicted molar refractivity (Wildman–Crippen MR) is 118 cm³/mol. The number of hydrogen-bond donors (Lipinski definition) is 2. The second-order valence-electron chi connectivity index (χ2n) is 6.74. The molecular formula is C19H21N5O3S3. The summed E-state index contributed by atoms with van der Waals surface area (Å²) >= 11 is 2.68. The van der Waals surface area contributed by atoms with Crippen molar-refractivity contribution in [3.8, 4) is 6.07 Å². The fourth-order valence-electron chi connectivity index (χ4n) is 2.88. The predicted octanol–water partition coefficient (Wildman–Crippen LogP) is 3.16. The number of aryl methyl sites for hydroxylation is 1. The van der Waals surface area contributed by atoms with Crippen LogP contribution in [0.25, 0.3) is 0 Å². The van der Waals surface area contributed by atoms with Crippen LogP contribution in [0.4, 0.5) is 5.13 Å². The molecule has 8 nitrogen and oxygen atoms in total. The molecule has 2 heterocycles. The lowest BCUT2D eigenvalue weighted by Gasteiger charge is -2.18. The number of thiazole rings is 1. The second kappa shape index (κ2) is 9.16. The first-order chi connectivity index (χ1) is 14.3. The largest absolute Gasteiger partial charge is 0.300 e. The summed E-state index contributed by atoms with van der Waals surface area (Å²) in [7, 11) is -3.68. The van der Waals surface area contributed by atoms with Gasteiger partial charge in [0, 0.05) is 5.56 Å². The molecule has 11 heteroatoms. The monoisotopic (exact) mass is 463 g/mol. The van der Waals surface area contributed by atoms with Crippen LogP contribution in [-0.4, -0.2) is 36.9 Å². The van der Waals surface area contributed by atoms with Crippen LogP contribution in [0, 0.1) is 24.2 Å². The third-order valence-corrected chi connectivity index (χ3v) is 8.33. The number of anilines is 1. The zero-order valence-electron chi connectivity index (χ0n) is 16.7. The van der Waals surface area contributed by atoms with Crippen molar-refractivity contribution < 1.29 is 13.2 Å². The van der Waals surface area contributed by atoms with Gasteiger partial charge in [0.25, 0.3) is 15.9 Å². The van der Waals surface area contributed by atoms with Crippen molar-refractivity contribution in [1.29, 1.82) is 5.26 Å². The highest BCUT2D eigenvalue weighted by atomic mass is 32.2. The Labute approximate surface area is 183 Å². The smallest absolute Gasteiger partial charge is 0.263 e. The normalized spacial score (nSPS) is 17.6. The highest BCUT2D eigenvalue weighted by Crippen LogP contribution is 2.32. The molecule has 30 heavy (non-hydrogen) atoms. The summed E-state index contributed by atoms with van der Waals surface area (Å²) < 4.78 is 28.0. The van der Waals surface area contributed by atoms with Crippen molar-refractivity contribution in [1.82, 2.24) is 9.71 Å². The highest BCUT2D eigenvalue weighted by Gasteiger charge is 2.33. The fraction of sp³-hybridized carbons (Fsp3) is 0.368. The van der Waals surface area contributed by atoms with Gasteiger partial charge in [-0.1, -0.05) is 55.5 Å². The van der Waals surface area contributed by atoms with Gasteiger partial charge in [0.15, 0.2) is 5.13 Å². The minimum atomic E-state index is -3.68. The zero-order chi connectivity index (χ0) is 21.9. The number of amides is 1. The van der Waals surface area contributed by atoms with Crippen molar-refractivity contribution in [3.63, 3.8) is 0 Å². The molecule has 158 valence electrons. The van der Waals surface area contributed by atoms with Gasteiger partial charge in [0.2, 0.25) is 0 Å².